The van der Waals surface area contributed by atoms with Crippen LogP contribution in [0.2, 0.25) is 0 Å². The molecule has 0 fully saturated rings. The molecule has 0 unspecified atom stereocenters. The normalized spacial score (nSPS) is 10.5. The minimum Gasteiger partial charge on any atom is -0.487 e. The maximum Gasteiger partial charge on any atom is 0.131 e. The van der Waals surface area contributed by atoms with Crippen LogP contribution in [0.25, 0.3) is 0 Å². The highest BCUT2D eigenvalue weighted by atomic mass is 32.1. The van der Waals surface area contributed by atoms with Crippen LogP contribution in [0.3, 0.4) is 0 Å². The van der Waals surface area contributed by atoms with Gasteiger partial charge in [0, 0.05) is 11.3 Å². The molecule has 0 bridgehead atoms. The molecule has 0 spiro atoms. The predicted octanol–water partition coefficient (Wildman–Crippen LogP) is 4.03. The number of benzene rings is 1. The van der Waals surface area contributed by atoms with Crippen LogP contribution in [0.4, 0.5) is 0 Å². The Morgan fingerprint density at radius 1 is 1.42 bits per heavy atom. The minimum atomic E-state index is 0.443. The highest BCUT2D eigenvalue weighted by molar-refractivity contribution is 7.09. The van der Waals surface area contributed by atoms with E-state index in [1.165, 1.54) is 0 Å². The number of nitriles is 1. The monoisotopic (exact) mass is 272 g/mol. The van der Waals surface area contributed by atoms with Gasteiger partial charge >= 0.3 is 0 Å². The highest BCUT2D eigenvalue weighted by Crippen LogP contribution is 2.23. The first-order chi connectivity index (χ1) is 9.10. The van der Waals surface area contributed by atoms with E-state index in [9.17, 15) is 0 Å². The molecule has 0 saturated carbocycles. The molecule has 0 atom stereocenters. The Kier molecular flexibility index (Phi) is 4.18. The lowest BCUT2D eigenvalue weighted by Crippen LogP contribution is -1.98. The van der Waals surface area contributed by atoms with Crippen LogP contribution in [0, 0.1) is 18.3 Å². The standard InChI is InChI=1S/C15H16N2OS/c1-10(2)15-17-13(9-19-15)8-18-14-6-12(7-16)5-4-11(14)3/h4-6,9-10H,8H2,1-3H3. The zero-order chi connectivity index (χ0) is 13.8. The summed E-state index contributed by atoms with van der Waals surface area (Å²) in [6, 6.07) is 7.58. The molecule has 0 aliphatic carbocycles. The van der Waals surface area contributed by atoms with Crippen molar-refractivity contribution in [1.29, 1.82) is 5.26 Å². The Bertz CT molecular complexity index is 611. The number of nitrogens with zero attached hydrogens (tertiary/aromatic N) is 2. The summed E-state index contributed by atoms with van der Waals surface area (Å²) in [6.45, 7) is 6.67. The van der Waals surface area contributed by atoms with Crippen molar-refractivity contribution in [2.75, 3.05) is 0 Å². The van der Waals surface area contributed by atoms with Gasteiger partial charge in [0.25, 0.3) is 0 Å². The van der Waals surface area contributed by atoms with E-state index < -0.39 is 0 Å². The van der Waals surface area contributed by atoms with Gasteiger partial charge in [-0.2, -0.15) is 5.26 Å². The van der Waals surface area contributed by atoms with Crippen LogP contribution >= 0.6 is 11.3 Å². The number of aryl methyl sites for hydroxylation is 1. The van der Waals surface area contributed by atoms with Gasteiger partial charge < -0.3 is 4.74 Å². The lowest BCUT2D eigenvalue weighted by atomic mass is 10.1. The topological polar surface area (TPSA) is 45.9 Å². The number of rotatable bonds is 4. The van der Waals surface area contributed by atoms with Crippen molar-refractivity contribution in [1.82, 2.24) is 4.98 Å². The van der Waals surface area contributed by atoms with Crippen molar-refractivity contribution in [2.24, 2.45) is 0 Å². The smallest absolute Gasteiger partial charge is 0.131 e. The molecule has 0 aliphatic heterocycles. The average Bonchev–Trinajstić information content (AvgIpc) is 2.87. The number of thiazole rings is 1. The molecule has 0 N–H and O–H groups in total. The van der Waals surface area contributed by atoms with Crippen molar-refractivity contribution in [3.05, 3.63) is 45.4 Å². The number of hydrogen-bond donors (Lipinski definition) is 0. The SMILES string of the molecule is Cc1ccc(C#N)cc1OCc1csc(C(C)C)n1. The summed E-state index contributed by atoms with van der Waals surface area (Å²) >= 11 is 1.66. The fraction of sp³-hybridized carbons (Fsp3) is 0.333. The number of hydrogen-bond acceptors (Lipinski definition) is 4. The van der Waals surface area contributed by atoms with Gasteiger partial charge in [-0.1, -0.05) is 19.9 Å². The molecular weight excluding hydrogens is 256 g/mol. The maximum atomic E-state index is 8.89. The lowest BCUT2D eigenvalue weighted by Gasteiger charge is -2.07. The summed E-state index contributed by atoms with van der Waals surface area (Å²) in [4.78, 5) is 4.53. The molecule has 3 nitrogen and oxygen atoms in total. The fourth-order valence-electron chi connectivity index (χ4n) is 1.63. The Balaban J connectivity index is 2.07. The van der Waals surface area contributed by atoms with Gasteiger partial charge in [0.15, 0.2) is 0 Å². The van der Waals surface area contributed by atoms with E-state index in [0.717, 1.165) is 22.0 Å². The van der Waals surface area contributed by atoms with Gasteiger partial charge in [-0.3, -0.25) is 0 Å². The molecule has 1 aromatic heterocycles. The van der Waals surface area contributed by atoms with Crippen LogP contribution in [0.1, 0.15) is 41.6 Å². The molecule has 1 heterocycles. The quantitative estimate of drug-likeness (QED) is 0.844. The van der Waals surface area contributed by atoms with Crippen LogP contribution in [0.5, 0.6) is 5.75 Å². The average molecular weight is 272 g/mol. The van der Waals surface area contributed by atoms with E-state index in [2.05, 4.69) is 24.9 Å². The molecule has 0 amide bonds. The molecule has 2 aromatic rings. The Labute approximate surface area is 117 Å². The molecule has 0 aliphatic rings. The summed E-state index contributed by atoms with van der Waals surface area (Å²) in [5.74, 6) is 1.19. The molecule has 2 rings (SSSR count). The Morgan fingerprint density at radius 2 is 2.21 bits per heavy atom. The fourth-order valence-corrected chi connectivity index (χ4v) is 2.45. The first kappa shape index (κ1) is 13.6. The van der Waals surface area contributed by atoms with Gasteiger partial charge in [-0.05, 0) is 24.6 Å². The van der Waals surface area contributed by atoms with E-state index >= 15 is 0 Å². The third kappa shape index (κ3) is 3.33. The Hall–Kier alpha value is -1.86. The van der Waals surface area contributed by atoms with E-state index in [-0.39, 0.29) is 0 Å². The maximum absolute atomic E-state index is 8.89. The van der Waals surface area contributed by atoms with Gasteiger partial charge in [0.2, 0.25) is 0 Å². The molecular formula is C15H16N2OS. The molecule has 98 valence electrons. The molecule has 4 heteroatoms. The van der Waals surface area contributed by atoms with Crippen LogP contribution in [-0.4, -0.2) is 4.98 Å². The van der Waals surface area contributed by atoms with Crippen molar-refractivity contribution >= 4 is 11.3 Å². The van der Waals surface area contributed by atoms with Crippen molar-refractivity contribution in [2.45, 2.75) is 33.3 Å². The second-order valence-corrected chi connectivity index (χ2v) is 5.60. The molecule has 0 saturated heterocycles. The largest absolute Gasteiger partial charge is 0.487 e. The first-order valence-corrected chi connectivity index (χ1v) is 7.06. The molecule has 0 radical (unpaired) electrons. The summed E-state index contributed by atoms with van der Waals surface area (Å²) in [6.07, 6.45) is 0. The zero-order valence-corrected chi connectivity index (χ0v) is 12.1. The highest BCUT2D eigenvalue weighted by Gasteiger charge is 2.07. The van der Waals surface area contributed by atoms with Crippen molar-refractivity contribution in [3.63, 3.8) is 0 Å². The predicted molar refractivity (Wildman–Crippen MR) is 76.4 cm³/mol. The van der Waals surface area contributed by atoms with Crippen molar-refractivity contribution < 1.29 is 4.74 Å². The number of ether oxygens (including phenoxy) is 1. The van der Waals surface area contributed by atoms with E-state index in [1.54, 1.807) is 23.5 Å². The second kappa shape index (κ2) is 5.85. The van der Waals surface area contributed by atoms with E-state index in [4.69, 9.17) is 10.00 Å². The molecule has 19 heavy (non-hydrogen) atoms. The van der Waals surface area contributed by atoms with Crippen LogP contribution in [-0.2, 0) is 6.61 Å². The second-order valence-electron chi connectivity index (χ2n) is 4.71. The summed E-state index contributed by atoms with van der Waals surface area (Å²) in [5, 5.41) is 12.0. The lowest BCUT2D eigenvalue weighted by molar-refractivity contribution is 0.299. The van der Waals surface area contributed by atoms with Gasteiger partial charge in [-0.15, -0.1) is 11.3 Å². The Morgan fingerprint density at radius 3 is 2.84 bits per heavy atom. The van der Waals surface area contributed by atoms with E-state index in [1.807, 2.05) is 18.4 Å². The van der Waals surface area contributed by atoms with Crippen molar-refractivity contribution in [3.8, 4) is 11.8 Å². The number of aromatic nitrogens is 1. The molecule has 1 aromatic carbocycles. The van der Waals surface area contributed by atoms with Gasteiger partial charge in [0.05, 0.1) is 22.3 Å². The van der Waals surface area contributed by atoms with E-state index in [0.29, 0.717) is 18.1 Å². The third-order valence-electron chi connectivity index (χ3n) is 2.76. The van der Waals surface area contributed by atoms with Gasteiger partial charge in [-0.25, -0.2) is 4.98 Å². The first-order valence-electron chi connectivity index (χ1n) is 6.18. The van der Waals surface area contributed by atoms with Crippen LogP contribution < -0.4 is 4.74 Å². The minimum absolute atomic E-state index is 0.443. The zero-order valence-electron chi connectivity index (χ0n) is 11.3. The summed E-state index contributed by atoms with van der Waals surface area (Å²) in [5.41, 5.74) is 2.58. The van der Waals surface area contributed by atoms with Gasteiger partial charge in [0.1, 0.15) is 12.4 Å². The van der Waals surface area contributed by atoms with Crippen LogP contribution in [0.15, 0.2) is 23.6 Å². The summed E-state index contributed by atoms with van der Waals surface area (Å²) < 4.78 is 5.75. The third-order valence-corrected chi connectivity index (χ3v) is 3.95. The summed E-state index contributed by atoms with van der Waals surface area (Å²) in [7, 11) is 0.